The zero-order valence-electron chi connectivity index (χ0n) is 11.5. The Balaban J connectivity index is 2.23. The molecule has 0 bridgehead atoms. The number of pyridine rings is 1. The Bertz CT molecular complexity index is 611. The van der Waals surface area contributed by atoms with Crippen molar-refractivity contribution >= 4 is 17.4 Å². The minimum absolute atomic E-state index is 0.155. The van der Waals surface area contributed by atoms with Gasteiger partial charge in [-0.05, 0) is 30.2 Å². The van der Waals surface area contributed by atoms with Crippen molar-refractivity contribution in [3.8, 4) is 5.75 Å². The van der Waals surface area contributed by atoms with E-state index in [-0.39, 0.29) is 10.9 Å². The van der Waals surface area contributed by atoms with Crippen LogP contribution in [0.4, 0.5) is 0 Å². The van der Waals surface area contributed by atoms with Crippen LogP contribution in [0.1, 0.15) is 29.8 Å². The molecule has 0 radical (unpaired) electrons. The van der Waals surface area contributed by atoms with Gasteiger partial charge in [0.1, 0.15) is 10.9 Å². The number of aromatic nitrogens is 1. The molecule has 2 rings (SSSR count). The fraction of sp³-hybridized carbons (Fsp3) is 0.250. The van der Waals surface area contributed by atoms with Crippen LogP contribution in [0.2, 0.25) is 5.15 Å². The lowest BCUT2D eigenvalue weighted by atomic mass is 10.0. The van der Waals surface area contributed by atoms with Crippen LogP contribution in [0.3, 0.4) is 0 Å². The van der Waals surface area contributed by atoms with Crippen molar-refractivity contribution < 1.29 is 9.53 Å². The van der Waals surface area contributed by atoms with E-state index in [1.54, 1.807) is 36.5 Å². The normalized spacial score (nSPS) is 10.6. The van der Waals surface area contributed by atoms with Gasteiger partial charge in [-0.15, -0.1) is 0 Å². The summed E-state index contributed by atoms with van der Waals surface area (Å²) in [6.45, 7) is 4.76. The van der Waals surface area contributed by atoms with E-state index in [9.17, 15) is 4.79 Å². The van der Waals surface area contributed by atoms with E-state index in [1.165, 1.54) is 0 Å². The van der Waals surface area contributed by atoms with Gasteiger partial charge in [-0.1, -0.05) is 37.6 Å². The Hall–Kier alpha value is -1.87. The lowest BCUT2D eigenvalue weighted by Gasteiger charge is -2.10. The molecule has 0 fully saturated rings. The third-order valence-corrected chi connectivity index (χ3v) is 2.98. The topological polar surface area (TPSA) is 39.2 Å². The molecule has 104 valence electrons. The van der Waals surface area contributed by atoms with Crippen LogP contribution in [0.5, 0.6) is 5.75 Å². The molecule has 0 atom stereocenters. The standard InChI is InChI=1S/C16H16ClNO2/c1-11(2)10-20-13-6-3-5-12(9-13)15(19)14-7-4-8-18-16(14)17/h3-9,11H,10H2,1-2H3. The monoisotopic (exact) mass is 289 g/mol. The number of ether oxygens (including phenoxy) is 1. The minimum atomic E-state index is -0.155. The van der Waals surface area contributed by atoms with Crippen LogP contribution >= 0.6 is 11.6 Å². The van der Waals surface area contributed by atoms with E-state index < -0.39 is 0 Å². The van der Waals surface area contributed by atoms with E-state index in [0.717, 1.165) is 0 Å². The van der Waals surface area contributed by atoms with Crippen molar-refractivity contribution in [2.24, 2.45) is 5.92 Å². The van der Waals surface area contributed by atoms with Crippen molar-refractivity contribution in [1.82, 2.24) is 4.98 Å². The second-order valence-corrected chi connectivity index (χ2v) is 5.26. The van der Waals surface area contributed by atoms with Crippen LogP contribution < -0.4 is 4.74 Å². The molecule has 0 saturated carbocycles. The van der Waals surface area contributed by atoms with Crippen molar-refractivity contribution in [2.75, 3.05) is 6.61 Å². The van der Waals surface area contributed by atoms with Crippen LogP contribution in [-0.4, -0.2) is 17.4 Å². The summed E-state index contributed by atoms with van der Waals surface area (Å²) >= 11 is 5.95. The van der Waals surface area contributed by atoms with E-state index >= 15 is 0 Å². The van der Waals surface area contributed by atoms with Crippen LogP contribution in [0, 0.1) is 5.92 Å². The molecule has 0 unspecified atom stereocenters. The van der Waals surface area contributed by atoms with Crippen LogP contribution in [-0.2, 0) is 0 Å². The Labute approximate surface area is 123 Å². The number of hydrogen-bond donors (Lipinski definition) is 0. The summed E-state index contributed by atoms with van der Waals surface area (Å²) in [6, 6.07) is 10.5. The molecule has 4 heteroatoms. The molecule has 1 heterocycles. The van der Waals surface area contributed by atoms with E-state index in [4.69, 9.17) is 16.3 Å². The largest absolute Gasteiger partial charge is 0.493 e. The van der Waals surface area contributed by atoms with Gasteiger partial charge in [-0.25, -0.2) is 4.98 Å². The third-order valence-electron chi connectivity index (χ3n) is 2.68. The second-order valence-electron chi connectivity index (χ2n) is 4.90. The molecule has 3 nitrogen and oxygen atoms in total. The van der Waals surface area contributed by atoms with Crippen molar-refractivity contribution in [1.29, 1.82) is 0 Å². The highest BCUT2D eigenvalue weighted by Gasteiger charge is 2.13. The Kier molecular flexibility index (Phi) is 4.74. The first-order valence-corrected chi connectivity index (χ1v) is 6.84. The van der Waals surface area contributed by atoms with Crippen molar-refractivity contribution in [3.05, 3.63) is 58.9 Å². The highest BCUT2D eigenvalue weighted by Crippen LogP contribution is 2.20. The molecule has 0 aliphatic heterocycles. The smallest absolute Gasteiger partial charge is 0.196 e. The minimum Gasteiger partial charge on any atom is -0.493 e. The average Bonchev–Trinajstić information content (AvgIpc) is 2.45. The van der Waals surface area contributed by atoms with Gasteiger partial charge < -0.3 is 4.74 Å². The van der Waals surface area contributed by atoms with Crippen LogP contribution in [0.25, 0.3) is 0 Å². The maximum atomic E-state index is 12.4. The molecular weight excluding hydrogens is 274 g/mol. The first kappa shape index (κ1) is 14.5. The second kappa shape index (κ2) is 6.53. The van der Waals surface area contributed by atoms with Gasteiger partial charge >= 0.3 is 0 Å². The van der Waals surface area contributed by atoms with Gasteiger partial charge in [0.25, 0.3) is 0 Å². The van der Waals surface area contributed by atoms with E-state index in [0.29, 0.717) is 29.4 Å². The highest BCUT2D eigenvalue weighted by molar-refractivity contribution is 6.33. The summed E-state index contributed by atoms with van der Waals surface area (Å²) in [5, 5.41) is 0.214. The average molecular weight is 290 g/mol. The first-order valence-electron chi connectivity index (χ1n) is 6.46. The number of hydrogen-bond acceptors (Lipinski definition) is 3. The number of carbonyl (C=O) groups is 1. The molecule has 2 aromatic rings. The summed E-state index contributed by atoms with van der Waals surface area (Å²) in [5.41, 5.74) is 0.941. The number of ketones is 1. The third kappa shape index (κ3) is 3.58. The maximum absolute atomic E-state index is 12.4. The summed E-state index contributed by atoms with van der Waals surface area (Å²) in [5.74, 6) is 0.963. The molecular formula is C16H16ClNO2. The number of rotatable bonds is 5. The number of halogens is 1. The van der Waals surface area contributed by atoms with E-state index in [2.05, 4.69) is 18.8 Å². The highest BCUT2D eigenvalue weighted by atomic mass is 35.5. The van der Waals surface area contributed by atoms with Gasteiger partial charge in [0.05, 0.1) is 12.2 Å². The quantitative estimate of drug-likeness (QED) is 0.617. The zero-order valence-corrected chi connectivity index (χ0v) is 12.2. The maximum Gasteiger partial charge on any atom is 0.196 e. The predicted molar refractivity (Wildman–Crippen MR) is 79.5 cm³/mol. The predicted octanol–water partition coefficient (Wildman–Crippen LogP) is 4.00. The van der Waals surface area contributed by atoms with Gasteiger partial charge in [0.15, 0.2) is 5.78 Å². The summed E-state index contributed by atoms with van der Waals surface area (Å²) < 4.78 is 5.62. The molecule has 0 amide bonds. The van der Waals surface area contributed by atoms with Gasteiger partial charge in [0, 0.05) is 11.8 Å². The Morgan fingerprint density at radius 1 is 1.30 bits per heavy atom. The molecule has 1 aromatic carbocycles. The van der Waals surface area contributed by atoms with E-state index in [1.807, 2.05) is 6.07 Å². The first-order chi connectivity index (χ1) is 9.58. The van der Waals surface area contributed by atoms with Gasteiger partial charge in [0.2, 0.25) is 0 Å². The fourth-order valence-corrected chi connectivity index (χ4v) is 1.91. The molecule has 20 heavy (non-hydrogen) atoms. The molecule has 0 spiro atoms. The summed E-state index contributed by atoms with van der Waals surface area (Å²) in [4.78, 5) is 16.3. The molecule has 0 saturated heterocycles. The Morgan fingerprint density at radius 2 is 2.10 bits per heavy atom. The van der Waals surface area contributed by atoms with Gasteiger partial charge in [-0.3, -0.25) is 4.79 Å². The number of benzene rings is 1. The summed E-state index contributed by atoms with van der Waals surface area (Å²) in [7, 11) is 0. The van der Waals surface area contributed by atoms with Gasteiger partial charge in [-0.2, -0.15) is 0 Å². The van der Waals surface area contributed by atoms with Crippen molar-refractivity contribution in [3.63, 3.8) is 0 Å². The molecule has 0 N–H and O–H groups in total. The molecule has 1 aromatic heterocycles. The zero-order chi connectivity index (χ0) is 14.5. The lowest BCUT2D eigenvalue weighted by Crippen LogP contribution is -2.06. The number of nitrogens with zero attached hydrogens (tertiary/aromatic N) is 1. The van der Waals surface area contributed by atoms with Crippen LogP contribution in [0.15, 0.2) is 42.6 Å². The lowest BCUT2D eigenvalue weighted by molar-refractivity contribution is 0.103. The summed E-state index contributed by atoms with van der Waals surface area (Å²) in [6.07, 6.45) is 1.56. The van der Waals surface area contributed by atoms with Crippen molar-refractivity contribution in [2.45, 2.75) is 13.8 Å². The Morgan fingerprint density at radius 3 is 2.80 bits per heavy atom. The molecule has 0 aliphatic rings. The number of carbonyl (C=O) groups excluding carboxylic acids is 1. The molecule has 0 aliphatic carbocycles. The fourth-order valence-electron chi connectivity index (χ4n) is 1.70. The SMILES string of the molecule is CC(C)COc1cccc(C(=O)c2cccnc2Cl)c1.